The highest BCUT2D eigenvalue weighted by Gasteiger charge is 2.26. The first kappa shape index (κ1) is 22.9. The number of nitrogens with one attached hydrogen (secondary N) is 3. The number of halogens is 1. The number of nitrogens with zero attached hydrogens (tertiary/aromatic N) is 3. The Morgan fingerprint density at radius 1 is 0.853 bits per heavy atom. The molecule has 0 unspecified atom stereocenters. The third kappa shape index (κ3) is 5.18. The Bertz CT molecular complexity index is 1270. The van der Waals surface area contributed by atoms with Crippen molar-refractivity contribution >= 4 is 39.2 Å². The Labute approximate surface area is 203 Å². The molecule has 0 bridgehead atoms. The molecule has 0 aliphatic carbocycles. The summed E-state index contributed by atoms with van der Waals surface area (Å²) in [6, 6.07) is 25.5. The van der Waals surface area contributed by atoms with Crippen molar-refractivity contribution in [3.63, 3.8) is 0 Å². The molecule has 4 rings (SSSR count). The molecule has 0 aliphatic rings. The van der Waals surface area contributed by atoms with Gasteiger partial charge in [-0.3, -0.25) is 25.8 Å². The number of anilines is 2. The minimum atomic E-state index is -0.595. The largest absolute Gasteiger partial charge is 0.354 e. The third-order valence-corrected chi connectivity index (χ3v) is 5.66. The standard InChI is InChI=1S/C24H19BrN6O3/c25-19-14-8-7-13-18(19)24(32)30-29-23-21(31(33)34)22(26-15-27-23)28-20(16-9-3-1-4-10-16)17-11-5-2-6-12-17/h1-15,20H,(H,30,32)(H2,26,27,28,29). The molecule has 0 radical (unpaired) electrons. The average molecular weight is 519 g/mol. The van der Waals surface area contributed by atoms with Gasteiger partial charge in [0.2, 0.25) is 11.6 Å². The van der Waals surface area contributed by atoms with Crippen molar-refractivity contribution in [1.29, 1.82) is 0 Å². The zero-order chi connectivity index (χ0) is 23.9. The molecular formula is C24H19BrN6O3. The Morgan fingerprint density at radius 2 is 1.41 bits per heavy atom. The van der Waals surface area contributed by atoms with Gasteiger partial charge in [0.05, 0.1) is 16.5 Å². The van der Waals surface area contributed by atoms with Gasteiger partial charge in [0.15, 0.2) is 0 Å². The molecule has 170 valence electrons. The molecule has 3 N–H and O–H groups in total. The van der Waals surface area contributed by atoms with Crippen LogP contribution < -0.4 is 16.2 Å². The number of rotatable bonds is 8. The van der Waals surface area contributed by atoms with Crippen LogP contribution in [0.1, 0.15) is 27.5 Å². The molecule has 9 nitrogen and oxygen atoms in total. The van der Waals surface area contributed by atoms with E-state index in [1.807, 2.05) is 60.7 Å². The van der Waals surface area contributed by atoms with Crippen molar-refractivity contribution in [2.75, 3.05) is 10.7 Å². The van der Waals surface area contributed by atoms with E-state index < -0.39 is 22.6 Å². The lowest BCUT2D eigenvalue weighted by Gasteiger charge is -2.20. The van der Waals surface area contributed by atoms with Crippen LogP contribution in [-0.2, 0) is 0 Å². The maximum absolute atomic E-state index is 12.5. The van der Waals surface area contributed by atoms with E-state index in [2.05, 4.69) is 42.1 Å². The summed E-state index contributed by atoms with van der Waals surface area (Å²) in [6.45, 7) is 0. The van der Waals surface area contributed by atoms with E-state index in [4.69, 9.17) is 0 Å². The SMILES string of the molecule is O=C(NNc1ncnc(NC(c2ccccc2)c2ccccc2)c1[N+](=O)[O-])c1ccccc1Br. The average Bonchev–Trinajstić information content (AvgIpc) is 2.87. The number of carbonyl (C=O) groups is 1. The van der Waals surface area contributed by atoms with E-state index in [0.717, 1.165) is 11.1 Å². The molecule has 0 atom stereocenters. The van der Waals surface area contributed by atoms with Gasteiger partial charge in [-0.05, 0) is 39.2 Å². The van der Waals surface area contributed by atoms with Crippen LogP contribution in [0.15, 0.2) is 95.7 Å². The normalized spacial score (nSPS) is 10.5. The molecule has 1 aromatic heterocycles. The summed E-state index contributed by atoms with van der Waals surface area (Å²) in [5.41, 5.74) is 6.78. The smallest absolute Gasteiger partial charge is 0.353 e. The third-order valence-electron chi connectivity index (χ3n) is 4.96. The monoisotopic (exact) mass is 518 g/mol. The summed E-state index contributed by atoms with van der Waals surface area (Å²) < 4.78 is 0.586. The highest BCUT2D eigenvalue weighted by Crippen LogP contribution is 2.33. The van der Waals surface area contributed by atoms with E-state index in [1.165, 1.54) is 6.33 Å². The van der Waals surface area contributed by atoms with Gasteiger partial charge in [-0.15, -0.1) is 0 Å². The quantitative estimate of drug-likeness (QED) is 0.219. The molecule has 1 heterocycles. The van der Waals surface area contributed by atoms with Crippen LogP contribution in [0.2, 0.25) is 0 Å². The van der Waals surface area contributed by atoms with Crippen molar-refractivity contribution in [2.45, 2.75) is 6.04 Å². The topological polar surface area (TPSA) is 122 Å². The van der Waals surface area contributed by atoms with Crippen molar-refractivity contribution in [3.8, 4) is 0 Å². The minimum Gasteiger partial charge on any atom is -0.353 e. The number of hydrogen-bond acceptors (Lipinski definition) is 7. The van der Waals surface area contributed by atoms with E-state index in [-0.39, 0.29) is 11.6 Å². The summed E-state index contributed by atoms with van der Waals surface area (Å²) in [6.07, 6.45) is 1.19. The van der Waals surface area contributed by atoms with Gasteiger partial charge in [0.25, 0.3) is 5.91 Å². The van der Waals surface area contributed by atoms with Crippen molar-refractivity contribution in [1.82, 2.24) is 15.4 Å². The number of amides is 1. The minimum absolute atomic E-state index is 0.00958. The molecule has 3 aromatic carbocycles. The van der Waals surface area contributed by atoms with Gasteiger partial charge < -0.3 is 5.32 Å². The molecule has 4 aromatic rings. The summed E-state index contributed by atoms with van der Waals surface area (Å²) >= 11 is 3.31. The Balaban J connectivity index is 1.64. The van der Waals surface area contributed by atoms with Crippen molar-refractivity contribution in [3.05, 3.63) is 123 Å². The second-order valence-electron chi connectivity index (χ2n) is 7.13. The fourth-order valence-corrected chi connectivity index (χ4v) is 3.83. The van der Waals surface area contributed by atoms with Crippen molar-refractivity contribution < 1.29 is 9.72 Å². The first-order valence-corrected chi connectivity index (χ1v) is 11.0. The zero-order valence-electron chi connectivity index (χ0n) is 17.7. The van der Waals surface area contributed by atoms with Crippen LogP contribution in [0.5, 0.6) is 0 Å². The van der Waals surface area contributed by atoms with Crippen LogP contribution in [0, 0.1) is 10.1 Å². The summed E-state index contributed by atoms with van der Waals surface area (Å²) in [4.78, 5) is 32.0. The van der Waals surface area contributed by atoms with Crippen LogP contribution in [0.4, 0.5) is 17.3 Å². The summed E-state index contributed by atoms with van der Waals surface area (Å²) in [5.74, 6) is -0.625. The molecular weight excluding hydrogens is 500 g/mol. The van der Waals surface area contributed by atoms with Crippen LogP contribution in [0.3, 0.4) is 0 Å². The fourth-order valence-electron chi connectivity index (χ4n) is 3.36. The lowest BCUT2D eigenvalue weighted by molar-refractivity contribution is -0.383. The van der Waals surface area contributed by atoms with E-state index in [0.29, 0.717) is 10.0 Å². The molecule has 0 saturated heterocycles. The van der Waals surface area contributed by atoms with Gasteiger partial charge >= 0.3 is 5.69 Å². The lowest BCUT2D eigenvalue weighted by Crippen LogP contribution is -2.30. The Morgan fingerprint density at radius 3 is 2.00 bits per heavy atom. The van der Waals surface area contributed by atoms with Gasteiger partial charge in [0.1, 0.15) is 6.33 Å². The number of benzene rings is 3. The molecule has 0 saturated carbocycles. The Kier molecular flexibility index (Phi) is 7.09. The number of hydrazine groups is 1. The lowest BCUT2D eigenvalue weighted by atomic mass is 9.99. The van der Waals surface area contributed by atoms with Gasteiger partial charge in [-0.1, -0.05) is 72.8 Å². The molecule has 34 heavy (non-hydrogen) atoms. The number of aromatic nitrogens is 2. The second kappa shape index (κ2) is 10.5. The van der Waals surface area contributed by atoms with E-state index in [1.54, 1.807) is 24.3 Å². The Hall–Kier alpha value is -4.31. The number of hydrogen-bond donors (Lipinski definition) is 3. The zero-order valence-corrected chi connectivity index (χ0v) is 19.3. The summed E-state index contributed by atoms with van der Waals surface area (Å²) in [7, 11) is 0. The fraction of sp³-hybridized carbons (Fsp3) is 0.0417. The van der Waals surface area contributed by atoms with E-state index in [9.17, 15) is 14.9 Å². The molecule has 1 amide bonds. The van der Waals surface area contributed by atoms with Crippen LogP contribution >= 0.6 is 15.9 Å². The molecule has 10 heteroatoms. The first-order valence-electron chi connectivity index (χ1n) is 10.2. The maximum Gasteiger partial charge on any atom is 0.354 e. The maximum atomic E-state index is 12.5. The predicted octanol–water partition coefficient (Wildman–Crippen LogP) is 5.11. The van der Waals surface area contributed by atoms with Gasteiger partial charge in [-0.25, -0.2) is 9.97 Å². The highest BCUT2D eigenvalue weighted by molar-refractivity contribution is 9.10. The van der Waals surface area contributed by atoms with E-state index >= 15 is 0 Å². The van der Waals surface area contributed by atoms with Crippen LogP contribution in [0.25, 0.3) is 0 Å². The molecule has 0 spiro atoms. The predicted molar refractivity (Wildman–Crippen MR) is 132 cm³/mol. The molecule has 0 aliphatic heterocycles. The number of nitro groups is 1. The first-order chi connectivity index (χ1) is 16.5. The summed E-state index contributed by atoms with van der Waals surface area (Å²) in [5, 5.41) is 15.2. The van der Waals surface area contributed by atoms with Crippen LogP contribution in [-0.4, -0.2) is 20.8 Å². The number of carbonyl (C=O) groups excluding carboxylic acids is 1. The second-order valence-corrected chi connectivity index (χ2v) is 7.99. The highest BCUT2D eigenvalue weighted by atomic mass is 79.9. The van der Waals surface area contributed by atoms with Gasteiger partial charge in [0, 0.05) is 4.47 Å². The van der Waals surface area contributed by atoms with Crippen molar-refractivity contribution in [2.24, 2.45) is 0 Å². The van der Waals surface area contributed by atoms with Gasteiger partial charge in [-0.2, -0.15) is 0 Å². The molecule has 0 fully saturated rings.